The second-order valence-electron chi connectivity index (χ2n) is 5.95. The molecule has 1 heteroatoms. The van der Waals surface area contributed by atoms with Gasteiger partial charge in [0, 0.05) is 11.7 Å². The molecule has 2 aliphatic carbocycles. The topological polar surface area (TPSA) is 12.0 Å². The smallest absolute Gasteiger partial charge is 0.0345 e. The van der Waals surface area contributed by atoms with Gasteiger partial charge in [0.1, 0.15) is 0 Å². The Labute approximate surface area is 105 Å². The van der Waals surface area contributed by atoms with Crippen LogP contribution in [-0.4, -0.2) is 6.04 Å². The number of nitrogens with one attached hydrogen (secondary N) is 1. The lowest BCUT2D eigenvalue weighted by Gasteiger charge is -2.28. The highest BCUT2D eigenvalue weighted by Gasteiger charge is 2.19. The minimum atomic E-state index is 0.707. The van der Waals surface area contributed by atoms with Gasteiger partial charge in [0.25, 0.3) is 0 Å². The molecular weight excluding hydrogens is 206 g/mol. The molecule has 0 heterocycles. The van der Waals surface area contributed by atoms with Crippen LogP contribution in [0.25, 0.3) is 0 Å². The van der Waals surface area contributed by atoms with Gasteiger partial charge >= 0.3 is 0 Å². The molecule has 1 aromatic carbocycles. The largest absolute Gasteiger partial charge is 0.382 e. The highest BCUT2D eigenvalue weighted by atomic mass is 14.9. The molecule has 0 saturated heterocycles. The van der Waals surface area contributed by atoms with Crippen molar-refractivity contribution in [2.24, 2.45) is 5.92 Å². The van der Waals surface area contributed by atoms with Crippen molar-refractivity contribution in [3.8, 4) is 0 Å². The van der Waals surface area contributed by atoms with E-state index in [2.05, 4.69) is 30.4 Å². The first kappa shape index (κ1) is 11.1. The van der Waals surface area contributed by atoms with E-state index in [4.69, 9.17) is 0 Å². The van der Waals surface area contributed by atoms with Gasteiger partial charge in [-0.1, -0.05) is 25.8 Å². The Morgan fingerprint density at radius 2 is 1.94 bits per heavy atom. The highest BCUT2D eigenvalue weighted by molar-refractivity contribution is 5.50. The number of fused-ring (bicyclic) bond motifs is 1. The maximum atomic E-state index is 3.74. The zero-order valence-corrected chi connectivity index (χ0v) is 10.8. The van der Waals surface area contributed by atoms with Crippen LogP contribution in [0.5, 0.6) is 0 Å². The summed E-state index contributed by atoms with van der Waals surface area (Å²) in [4.78, 5) is 0. The Hall–Kier alpha value is -0.980. The molecule has 1 saturated carbocycles. The fourth-order valence-corrected chi connectivity index (χ4v) is 3.46. The lowest BCUT2D eigenvalue weighted by Crippen LogP contribution is -2.26. The number of hydrogen-bond donors (Lipinski definition) is 1. The van der Waals surface area contributed by atoms with Crippen molar-refractivity contribution >= 4 is 5.69 Å². The second kappa shape index (κ2) is 4.72. The van der Waals surface area contributed by atoms with Gasteiger partial charge in [0.05, 0.1) is 0 Å². The van der Waals surface area contributed by atoms with Crippen LogP contribution in [0, 0.1) is 5.92 Å². The molecule has 1 N–H and O–H groups in total. The van der Waals surface area contributed by atoms with Gasteiger partial charge in [-0.3, -0.25) is 0 Å². The number of benzene rings is 1. The van der Waals surface area contributed by atoms with Gasteiger partial charge in [-0.2, -0.15) is 0 Å². The van der Waals surface area contributed by atoms with Crippen molar-refractivity contribution in [2.75, 3.05) is 5.32 Å². The van der Waals surface area contributed by atoms with E-state index in [1.165, 1.54) is 50.6 Å². The number of anilines is 1. The Morgan fingerprint density at radius 3 is 2.82 bits per heavy atom. The Bertz CT molecular complexity index is 397. The van der Waals surface area contributed by atoms with E-state index in [9.17, 15) is 0 Å². The molecular formula is C16H23N. The number of rotatable bonds is 2. The van der Waals surface area contributed by atoms with Gasteiger partial charge in [0.2, 0.25) is 0 Å². The average molecular weight is 229 g/mol. The van der Waals surface area contributed by atoms with Crippen molar-refractivity contribution in [1.29, 1.82) is 0 Å². The fraction of sp³-hybridized carbons (Fsp3) is 0.625. The third-order valence-electron chi connectivity index (χ3n) is 4.41. The second-order valence-corrected chi connectivity index (χ2v) is 5.95. The molecule has 0 radical (unpaired) electrons. The van der Waals surface area contributed by atoms with E-state index >= 15 is 0 Å². The maximum absolute atomic E-state index is 3.74. The molecule has 3 rings (SSSR count). The van der Waals surface area contributed by atoms with Crippen LogP contribution in [-0.2, 0) is 12.8 Å². The molecule has 2 atom stereocenters. The SMILES string of the molecule is CC1CCCC(Nc2ccc3c(c2)CCC3)C1. The van der Waals surface area contributed by atoms with E-state index < -0.39 is 0 Å². The van der Waals surface area contributed by atoms with E-state index in [1.807, 2.05) is 0 Å². The van der Waals surface area contributed by atoms with Crippen LogP contribution >= 0.6 is 0 Å². The quantitative estimate of drug-likeness (QED) is 0.802. The van der Waals surface area contributed by atoms with Gasteiger partial charge in [-0.25, -0.2) is 0 Å². The van der Waals surface area contributed by atoms with Gasteiger partial charge < -0.3 is 5.32 Å². The summed E-state index contributed by atoms with van der Waals surface area (Å²) in [6.07, 6.45) is 9.42. The zero-order valence-electron chi connectivity index (χ0n) is 10.8. The Morgan fingerprint density at radius 1 is 1.06 bits per heavy atom. The summed E-state index contributed by atoms with van der Waals surface area (Å²) >= 11 is 0. The Balaban J connectivity index is 1.68. The normalized spacial score (nSPS) is 27.8. The van der Waals surface area contributed by atoms with E-state index in [0.717, 1.165) is 5.92 Å². The minimum absolute atomic E-state index is 0.707. The van der Waals surface area contributed by atoms with Crippen molar-refractivity contribution in [1.82, 2.24) is 0 Å². The maximum Gasteiger partial charge on any atom is 0.0345 e. The summed E-state index contributed by atoms with van der Waals surface area (Å²) in [6, 6.07) is 7.71. The van der Waals surface area contributed by atoms with Crippen LogP contribution in [0.15, 0.2) is 18.2 Å². The summed E-state index contributed by atoms with van der Waals surface area (Å²) < 4.78 is 0. The van der Waals surface area contributed by atoms with Crippen LogP contribution in [0.2, 0.25) is 0 Å². The van der Waals surface area contributed by atoms with Crippen LogP contribution < -0.4 is 5.32 Å². The molecule has 1 aromatic rings. The molecule has 1 fully saturated rings. The standard InChI is InChI=1S/C16H23N/c1-12-4-2-7-15(10-12)17-16-9-8-13-5-3-6-14(13)11-16/h8-9,11-12,15,17H,2-7,10H2,1H3. The monoisotopic (exact) mass is 229 g/mol. The molecule has 17 heavy (non-hydrogen) atoms. The van der Waals surface area contributed by atoms with Crippen molar-refractivity contribution in [2.45, 2.75) is 57.9 Å². The number of aryl methyl sites for hydroxylation is 2. The van der Waals surface area contributed by atoms with Crippen LogP contribution in [0.4, 0.5) is 5.69 Å². The number of hydrogen-bond acceptors (Lipinski definition) is 1. The predicted molar refractivity (Wildman–Crippen MR) is 73.5 cm³/mol. The first-order chi connectivity index (χ1) is 8.31. The molecule has 2 unspecified atom stereocenters. The van der Waals surface area contributed by atoms with E-state index in [0.29, 0.717) is 6.04 Å². The minimum Gasteiger partial charge on any atom is -0.382 e. The van der Waals surface area contributed by atoms with Gasteiger partial charge in [0.15, 0.2) is 0 Å². The molecule has 0 aromatic heterocycles. The van der Waals surface area contributed by atoms with Crippen LogP contribution in [0.1, 0.15) is 50.2 Å². The summed E-state index contributed by atoms with van der Waals surface area (Å²) in [6.45, 7) is 2.39. The highest BCUT2D eigenvalue weighted by Crippen LogP contribution is 2.29. The first-order valence-corrected chi connectivity index (χ1v) is 7.19. The third kappa shape index (κ3) is 2.48. The molecule has 1 nitrogen and oxygen atoms in total. The summed E-state index contributed by atoms with van der Waals surface area (Å²) in [5.41, 5.74) is 4.51. The Kier molecular flexibility index (Phi) is 3.09. The third-order valence-corrected chi connectivity index (χ3v) is 4.41. The average Bonchev–Trinajstić information content (AvgIpc) is 2.76. The van der Waals surface area contributed by atoms with Gasteiger partial charge in [-0.05, 0) is 61.3 Å². The van der Waals surface area contributed by atoms with Crippen molar-refractivity contribution in [3.05, 3.63) is 29.3 Å². The first-order valence-electron chi connectivity index (χ1n) is 7.19. The lowest BCUT2D eigenvalue weighted by atomic mass is 9.87. The zero-order chi connectivity index (χ0) is 11.7. The lowest BCUT2D eigenvalue weighted by molar-refractivity contribution is 0.358. The van der Waals surface area contributed by atoms with E-state index in [-0.39, 0.29) is 0 Å². The molecule has 0 amide bonds. The summed E-state index contributed by atoms with van der Waals surface area (Å²) in [7, 11) is 0. The molecule has 0 aliphatic heterocycles. The molecule has 0 bridgehead atoms. The fourth-order valence-electron chi connectivity index (χ4n) is 3.46. The predicted octanol–water partition coefficient (Wildman–Crippen LogP) is 4.17. The summed E-state index contributed by atoms with van der Waals surface area (Å²) in [5.74, 6) is 0.899. The van der Waals surface area contributed by atoms with E-state index in [1.54, 1.807) is 11.1 Å². The van der Waals surface area contributed by atoms with Crippen molar-refractivity contribution < 1.29 is 0 Å². The van der Waals surface area contributed by atoms with Gasteiger partial charge in [-0.15, -0.1) is 0 Å². The summed E-state index contributed by atoms with van der Waals surface area (Å²) in [5, 5.41) is 3.74. The van der Waals surface area contributed by atoms with Crippen molar-refractivity contribution in [3.63, 3.8) is 0 Å². The van der Waals surface area contributed by atoms with Crippen LogP contribution in [0.3, 0.4) is 0 Å². The molecule has 92 valence electrons. The molecule has 0 spiro atoms. The molecule has 2 aliphatic rings.